The number of thiazole rings is 1. The number of rotatable bonds is 7. The van der Waals surface area contributed by atoms with Crippen molar-refractivity contribution in [2.24, 2.45) is 0 Å². The molecule has 3 rings (SSSR count). The van der Waals surface area contributed by atoms with Gasteiger partial charge in [-0.05, 0) is 32.4 Å². The SMILES string of the molecule is CCCNCc1sc(C2CN(CC)CCO2)nc1C1CC1. The monoisotopic (exact) mass is 309 g/mol. The molecule has 1 aliphatic carbocycles. The minimum absolute atomic E-state index is 0.182. The number of likely N-dealkylation sites (N-methyl/N-ethyl adjacent to an activating group) is 1. The Morgan fingerprint density at radius 1 is 1.38 bits per heavy atom. The van der Waals surface area contributed by atoms with Crippen LogP contribution in [0.5, 0.6) is 0 Å². The molecule has 2 aliphatic rings. The Morgan fingerprint density at radius 2 is 2.24 bits per heavy atom. The van der Waals surface area contributed by atoms with Crippen LogP contribution in [0.25, 0.3) is 0 Å². The fourth-order valence-corrected chi connectivity index (χ4v) is 4.00. The van der Waals surface area contributed by atoms with Crippen LogP contribution in [-0.4, -0.2) is 42.7 Å². The maximum absolute atomic E-state index is 5.98. The van der Waals surface area contributed by atoms with Crippen molar-refractivity contribution >= 4 is 11.3 Å². The Hall–Kier alpha value is -0.490. The average molecular weight is 309 g/mol. The van der Waals surface area contributed by atoms with Crippen LogP contribution in [0.15, 0.2) is 0 Å². The lowest BCUT2D eigenvalue weighted by Crippen LogP contribution is -2.38. The summed E-state index contributed by atoms with van der Waals surface area (Å²) in [4.78, 5) is 8.87. The number of morpholine rings is 1. The number of nitrogens with one attached hydrogen (secondary N) is 1. The molecule has 21 heavy (non-hydrogen) atoms. The molecule has 1 aromatic rings. The second-order valence-corrected chi connectivity index (χ2v) is 7.18. The van der Waals surface area contributed by atoms with Crippen molar-refractivity contribution < 1.29 is 4.74 Å². The summed E-state index contributed by atoms with van der Waals surface area (Å²) in [6.07, 6.45) is 4.00. The first-order valence-electron chi connectivity index (χ1n) is 8.36. The van der Waals surface area contributed by atoms with Crippen molar-refractivity contribution in [3.63, 3.8) is 0 Å². The van der Waals surface area contributed by atoms with Gasteiger partial charge in [-0.1, -0.05) is 13.8 Å². The molecule has 1 N–H and O–H groups in total. The fourth-order valence-electron chi connectivity index (χ4n) is 2.84. The Bertz CT molecular complexity index is 458. The normalized spacial score (nSPS) is 23.6. The molecule has 1 aliphatic heterocycles. The van der Waals surface area contributed by atoms with Crippen molar-refractivity contribution in [1.29, 1.82) is 0 Å². The van der Waals surface area contributed by atoms with Gasteiger partial charge in [0, 0.05) is 30.4 Å². The van der Waals surface area contributed by atoms with Crippen LogP contribution in [0.3, 0.4) is 0 Å². The van der Waals surface area contributed by atoms with Crippen molar-refractivity contribution in [1.82, 2.24) is 15.2 Å². The third kappa shape index (κ3) is 3.83. The van der Waals surface area contributed by atoms with Gasteiger partial charge in [0.15, 0.2) is 0 Å². The molecule has 2 fully saturated rings. The van der Waals surface area contributed by atoms with E-state index < -0.39 is 0 Å². The zero-order valence-electron chi connectivity index (χ0n) is 13.2. The molecular formula is C16H27N3OS. The lowest BCUT2D eigenvalue weighted by atomic mass is 10.2. The Kier molecular flexibility index (Phi) is 5.27. The summed E-state index contributed by atoms with van der Waals surface area (Å²) in [5.74, 6) is 0.722. The number of ether oxygens (including phenoxy) is 1. The van der Waals surface area contributed by atoms with E-state index in [-0.39, 0.29) is 6.10 Å². The summed E-state index contributed by atoms with van der Waals surface area (Å²) < 4.78 is 5.98. The highest BCUT2D eigenvalue weighted by molar-refractivity contribution is 7.11. The van der Waals surface area contributed by atoms with Gasteiger partial charge >= 0.3 is 0 Å². The average Bonchev–Trinajstić information content (AvgIpc) is 3.28. The number of aromatic nitrogens is 1. The lowest BCUT2D eigenvalue weighted by molar-refractivity contribution is -0.0283. The second-order valence-electron chi connectivity index (χ2n) is 6.06. The first-order valence-corrected chi connectivity index (χ1v) is 9.17. The first kappa shape index (κ1) is 15.4. The fraction of sp³-hybridized carbons (Fsp3) is 0.812. The topological polar surface area (TPSA) is 37.4 Å². The van der Waals surface area contributed by atoms with E-state index in [1.165, 1.54) is 34.8 Å². The second kappa shape index (κ2) is 7.18. The van der Waals surface area contributed by atoms with Crippen LogP contribution in [-0.2, 0) is 11.3 Å². The Balaban J connectivity index is 1.71. The van der Waals surface area contributed by atoms with Gasteiger partial charge in [0.1, 0.15) is 11.1 Å². The largest absolute Gasteiger partial charge is 0.368 e. The molecule has 1 saturated carbocycles. The van der Waals surface area contributed by atoms with E-state index in [0.29, 0.717) is 0 Å². The molecule has 5 heteroatoms. The van der Waals surface area contributed by atoms with E-state index in [2.05, 4.69) is 24.1 Å². The molecule has 0 amide bonds. The van der Waals surface area contributed by atoms with Crippen molar-refractivity contribution in [3.8, 4) is 0 Å². The van der Waals surface area contributed by atoms with Gasteiger partial charge in [0.25, 0.3) is 0 Å². The van der Waals surface area contributed by atoms with E-state index in [4.69, 9.17) is 9.72 Å². The number of hydrogen-bond acceptors (Lipinski definition) is 5. The summed E-state index contributed by atoms with van der Waals surface area (Å²) in [5, 5.41) is 4.73. The van der Waals surface area contributed by atoms with Crippen LogP contribution in [0.2, 0.25) is 0 Å². The van der Waals surface area contributed by atoms with Gasteiger partial charge in [-0.3, -0.25) is 4.90 Å². The summed E-state index contributed by atoms with van der Waals surface area (Å²) in [7, 11) is 0. The molecule has 1 atom stereocenters. The minimum Gasteiger partial charge on any atom is -0.368 e. The molecule has 2 heterocycles. The molecule has 0 aromatic carbocycles. The van der Waals surface area contributed by atoms with Crippen LogP contribution in [0.4, 0.5) is 0 Å². The van der Waals surface area contributed by atoms with Crippen molar-refractivity contribution in [3.05, 3.63) is 15.6 Å². The van der Waals surface area contributed by atoms with E-state index >= 15 is 0 Å². The highest BCUT2D eigenvalue weighted by Gasteiger charge is 2.32. The van der Waals surface area contributed by atoms with E-state index in [1.807, 2.05) is 11.3 Å². The highest BCUT2D eigenvalue weighted by Crippen LogP contribution is 2.43. The maximum atomic E-state index is 5.98. The minimum atomic E-state index is 0.182. The summed E-state index contributed by atoms with van der Waals surface area (Å²) in [6, 6.07) is 0. The van der Waals surface area contributed by atoms with Crippen LogP contribution in [0, 0.1) is 0 Å². The van der Waals surface area contributed by atoms with Gasteiger partial charge in [-0.25, -0.2) is 4.98 Å². The van der Waals surface area contributed by atoms with E-state index in [0.717, 1.165) is 45.2 Å². The molecule has 0 bridgehead atoms. The predicted octanol–water partition coefficient (Wildman–Crippen LogP) is 2.91. The first-order chi connectivity index (χ1) is 10.3. The maximum Gasteiger partial charge on any atom is 0.123 e. The van der Waals surface area contributed by atoms with Crippen LogP contribution in [0.1, 0.15) is 60.7 Å². The lowest BCUT2D eigenvalue weighted by Gasteiger charge is -2.30. The van der Waals surface area contributed by atoms with Gasteiger partial charge in [0.2, 0.25) is 0 Å². The Morgan fingerprint density at radius 3 is 2.95 bits per heavy atom. The zero-order chi connectivity index (χ0) is 14.7. The number of hydrogen-bond donors (Lipinski definition) is 1. The molecule has 1 saturated heterocycles. The Labute approximate surface area is 131 Å². The van der Waals surface area contributed by atoms with Gasteiger partial charge in [-0.15, -0.1) is 11.3 Å². The van der Waals surface area contributed by atoms with E-state index in [9.17, 15) is 0 Å². The zero-order valence-corrected chi connectivity index (χ0v) is 14.0. The molecule has 1 aromatic heterocycles. The molecule has 0 spiro atoms. The molecule has 118 valence electrons. The summed E-state index contributed by atoms with van der Waals surface area (Å²) >= 11 is 1.87. The van der Waals surface area contributed by atoms with Crippen molar-refractivity contribution in [2.45, 2.75) is 51.7 Å². The smallest absolute Gasteiger partial charge is 0.123 e. The quantitative estimate of drug-likeness (QED) is 0.786. The molecule has 0 radical (unpaired) electrons. The van der Waals surface area contributed by atoms with Gasteiger partial charge in [0.05, 0.1) is 12.3 Å². The molecule has 1 unspecified atom stereocenters. The summed E-state index contributed by atoms with van der Waals surface area (Å²) in [6.45, 7) is 10.5. The molecular weight excluding hydrogens is 282 g/mol. The van der Waals surface area contributed by atoms with Crippen LogP contribution < -0.4 is 5.32 Å². The van der Waals surface area contributed by atoms with Crippen LogP contribution >= 0.6 is 11.3 Å². The van der Waals surface area contributed by atoms with Crippen molar-refractivity contribution in [2.75, 3.05) is 32.8 Å². The summed E-state index contributed by atoms with van der Waals surface area (Å²) in [5.41, 5.74) is 1.36. The van der Waals surface area contributed by atoms with E-state index in [1.54, 1.807) is 0 Å². The third-order valence-corrected chi connectivity index (χ3v) is 5.46. The number of nitrogens with zero attached hydrogens (tertiary/aromatic N) is 2. The standard InChI is InChI=1S/C16H27N3OS/c1-3-7-17-10-14-15(12-5-6-12)18-16(21-14)13-11-19(4-2)8-9-20-13/h12-13,17H,3-11H2,1-2H3. The molecule has 4 nitrogen and oxygen atoms in total. The highest BCUT2D eigenvalue weighted by atomic mass is 32.1. The third-order valence-electron chi connectivity index (χ3n) is 4.29. The van der Waals surface area contributed by atoms with Gasteiger partial charge in [-0.2, -0.15) is 0 Å². The van der Waals surface area contributed by atoms with Gasteiger partial charge < -0.3 is 10.1 Å². The predicted molar refractivity (Wildman–Crippen MR) is 86.9 cm³/mol.